The number of carbonyl (C=O) groups is 1. The number of hydrogen-bond acceptors (Lipinski definition) is 3. The zero-order valence-corrected chi connectivity index (χ0v) is 12.3. The third-order valence-electron chi connectivity index (χ3n) is 2.41. The molecule has 1 atom stereocenters. The summed E-state index contributed by atoms with van der Waals surface area (Å²) in [5.74, 6) is -5.71. The van der Waals surface area contributed by atoms with Gasteiger partial charge in [0.1, 0.15) is 5.25 Å². The number of esters is 1. The summed E-state index contributed by atoms with van der Waals surface area (Å²) in [6.07, 6.45) is -5.24. The highest BCUT2D eigenvalue weighted by molar-refractivity contribution is 8.00. The lowest BCUT2D eigenvalue weighted by Gasteiger charge is -2.20. The molecule has 0 saturated heterocycles. The molecule has 0 aromatic rings. The Morgan fingerprint density at radius 1 is 1.15 bits per heavy atom. The average Bonchev–Trinajstić information content (AvgIpc) is 2.33. The van der Waals surface area contributed by atoms with Gasteiger partial charge in [-0.2, -0.15) is 22.0 Å². The van der Waals surface area contributed by atoms with Crippen molar-refractivity contribution in [1.29, 1.82) is 0 Å². The number of hydrogen-bond donors (Lipinski definition) is 0. The number of ether oxygens (including phenoxy) is 1. The molecule has 0 aromatic carbocycles. The minimum Gasteiger partial charge on any atom is -0.465 e. The van der Waals surface area contributed by atoms with Gasteiger partial charge in [0.25, 0.3) is 0 Å². The summed E-state index contributed by atoms with van der Waals surface area (Å²) < 4.78 is 66.3. The fourth-order valence-corrected chi connectivity index (χ4v) is 2.56. The lowest BCUT2D eigenvalue weighted by molar-refractivity contribution is -0.282. The van der Waals surface area contributed by atoms with E-state index in [1.807, 2.05) is 0 Å². The molecule has 120 valence electrons. The fourth-order valence-electron chi connectivity index (χ4n) is 1.30. The van der Waals surface area contributed by atoms with Crippen molar-refractivity contribution in [3.63, 3.8) is 0 Å². The van der Waals surface area contributed by atoms with Crippen molar-refractivity contribution in [2.24, 2.45) is 0 Å². The Labute approximate surface area is 119 Å². The number of rotatable bonds is 9. The van der Waals surface area contributed by atoms with E-state index in [4.69, 9.17) is 4.74 Å². The predicted octanol–water partition coefficient (Wildman–Crippen LogP) is 4.43. The maximum absolute atomic E-state index is 12.7. The Balaban J connectivity index is 4.31. The molecule has 0 N–H and O–H groups in total. The van der Waals surface area contributed by atoms with Crippen molar-refractivity contribution in [1.82, 2.24) is 0 Å². The first kappa shape index (κ1) is 19.5. The van der Waals surface area contributed by atoms with Gasteiger partial charge in [0.2, 0.25) is 0 Å². The van der Waals surface area contributed by atoms with Gasteiger partial charge in [-0.3, -0.25) is 4.79 Å². The van der Waals surface area contributed by atoms with E-state index in [0.717, 1.165) is 11.8 Å². The molecule has 1 unspecified atom stereocenters. The molecule has 0 saturated carbocycles. The van der Waals surface area contributed by atoms with Crippen LogP contribution in [0.25, 0.3) is 0 Å². The lowest BCUT2D eigenvalue weighted by atomic mass is 10.2. The second-order valence-corrected chi connectivity index (χ2v) is 5.58. The number of thioether (sulfide) groups is 1. The van der Waals surface area contributed by atoms with Gasteiger partial charge in [0, 0.05) is 12.2 Å². The summed E-state index contributed by atoms with van der Waals surface area (Å²) in [6.45, 7) is 3.82. The Morgan fingerprint density at radius 3 is 2.20 bits per heavy atom. The van der Waals surface area contributed by atoms with Crippen LogP contribution in [-0.4, -0.2) is 35.7 Å². The van der Waals surface area contributed by atoms with E-state index in [9.17, 15) is 26.7 Å². The average molecular weight is 322 g/mol. The predicted molar refractivity (Wildman–Crippen MR) is 68.0 cm³/mol. The first-order valence-electron chi connectivity index (χ1n) is 6.38. The van der Waals surface area contributed by atoms with Crippen LogP contribution in [0, 0.1) is 0 Å². The summed E-state index contributed by atoms with van der Waals surface area (Å²) in [5.41, 5.74) is 0. The molecule has 0 aliphatic carbocycles. The van der Waals surface area contributed by atoms with E-state index in [1.54, 1.807) is 13.8 Å². The Morgan fingerprint density at radius 2 is 1.75 bits per heavy atom. The minimum absolute atomic E-state index is 0.221. The van der Waals surface area contributed by atoms with Crippen LogP contribution in [0.1, 0.15) is 39.5 Å². The number of alkyl halides is 5. The van der Waals surface area contributed by atoms with Crippen molar-refractivity contribution < 1.29 is 31.5 Å². The third kappa shape index (κ3) is 6.76. The van der Waals surface area contributed by atoms with Gasteiger partial charge in [0.05, 0.1) is 6.61 Å². The molecular formula is C12H19F5O2S. The molecule has 0 bridgehead atoms. The molecule has 0 fully saturated rings. The molecule has 0 radical (unpaired) electrons. The van der Waals surface area contributed by atoms with Crippen molar-refractivity contribution in [2.45, 2.75) is 56.9 Å². The Bertz CT molecular complexity index is 294. The Kier molecular flexibility index (Phi) is 8.46. The molecule has 2 nitrogen and oxygen atoms in total. The smallest absolute Gasteiger partial charge is 0.453 e. The quantitative estimate of drug-likeness (QED) is 0.464. The maximum atomic E-state index is 12.7. The zero-order chi connectivity index (χ0) is 15.8. The highest BCUT2D eigenvalue weighted by Crippen LogP contribution is 2.39. The highest BCUT2D eigenvalue weighted by atomic mass is 32.2. The van der Waals surface area contributed by atoms with Gasteiger partial charge in [-0.1, -0.05) is 20.3 Å². The summed E-state index contributed by atoms with van der Waals surface area (Å²) >= 11 is 0.793. The summed E-state index contributed by atoms with van der Waals surface area (Å²) in [5, 5.41) is -0.685. The summed E-state index contributed by atoms with van der Waals surface area (Å²) in [7, 11) is 0. The van der Waals surface area contributed by atoms with Crippen LogP contribution in [0.5, 0.6) is 0 Å². The molecule has 0 spiro atoms. The highest BCUT2D eigenvalue weighted by Gasteiger charge is 2.56. The van der Waals surface area contributed by atoms with Gasteiger partial charge in [-0.15, -0.1) is 11.8 Å². The summed E-state index contributed by atoms with van der Waals surface area (Å²) in [6, 6.07) is 0. The Hall–Kier alpha value is -0.530. The maximum Gasteiger partial charge on any atom is 0.453 e. The topological polar surface area (TPSA) is 26.3 Å². The van der Waals surface area contributed by atoms with Crippen LogP contribution in [-0.2, 0) is 9.53 Å². The number of halogens is 5. The number of carbonyl (C=O) groups excluding carboxylic acids is 1. The van der Waals surface area contributed by atoms with E-state index in [-0.39, 0.29) is 6.61 Å². The second kappa shape index (κ2) is 8.69. The van der Waals surface area contributed by atoms with Crippen LogP contribution < -0.4 is 0 Å². The minimum atomic E-state index is -5.55. The van der Waals surface area contributed by atoms with Crippen molar-refractivity contribution in [3.05, 3.63) is 0 Å². The fraction of sp³-hybridized carbons (Fsp3) is 0.917. The molecule has 0 heterocycles. The van der Waals surface area contributed by atoms with Gasteiger partial charge in [0.15, 0.2) is 0 Å². The van der Waals surface area contributed by atoms with E-state index in [2.05, 4.69) is 0 Å². The van der Waals surface area contributed by atoms with E-state index < -0.39 is 35.5 Å². The molecular weight excluding hydrogens is 303 g/mol. The van der Waals surface area contributed by atoms with Gasteiger partial charge < -0.3 is 4.74 Å². The zero-order valence-electron chi connectivity index (χ0n) is 11.4. The molecule has 0 aromatic heterocycles. The SMILES string of the molecule is CCCOC(=O)C(CCC)SCCC(F)(F)C(F)(F)F. The van der Waals surface area contributed by atoms with E-state index in [0.29, 0.717) is 19.3 Å². The van der Waals surface area contributed by atoms with E-state index >= 15 is 0 Å². The van der Waals surface area contributed by atoms with Crippen LogP contribution in [0.2, 0.25) is 0 Å². The van der Waals surface area contributed by atoms with Crippen LogP contribution >= 0.6 is 11.8 Å². The third-order valence-corrected chi connectivity index (χ3v) is 3.68. The molecule has 8 heteroatoms. The van der Waals surface area contributed by atoms with Gasteiger partial charge in [-0.05, 0) is 12.8 Å². The first-order chi connectivity index (χ1) is 9.15. The van der Waals surface area contributed by atoms with E-state index in [1.165, 1.54) is 0 Å². The normalized spacial score (nSPS) is 14.2. The standard InChI is InChI=1S/C12H19F5O2S/c1-3-5-9(10(18)19-7-4-2)20-8-6-11(13,14)12(15,16)17/h9H,3-8H2,1-2H3. The molecule has 0 rings (SSSR count). The van der Waals surface area contributed by atoms with Gasteiger partial charge in [-0.25, -0.2) is 0 Å². The summed E-state index contributed by atoms with van der Waals surface area (Å²) in [4.78, 5) is 11.6. The van der Waals surface area contributed by atoms with Crippen LogP contribution in [0.4, 0.5) is 22.0 Å². The van der Waals surface area contributed by atoms with Crippen molar-refractivity contribution in [2.75, 3.05) is 12.4 Å². The molecule has 0 aliphatic heterocycles. The largest absolute Gasteiger partial charge is 0.465 e. The van der Waals surface area contributed by atoms with Crippen molar-refractivity contribution >= 4 is 17.7 Å². The van der Waals surface area contributed by atoms with Gasteiger partial charge >= 0.3 is 18.1 Å². The second-order valence-electron chi connectivity index (χ2n) is 4.27. The molecule has 20 heavy (non-hydrogen) atoms. The van der Waals surface area contributed by atoms with Crippen LogP contribution in [0.15, 0.2) is 0 Å². The first-order valence-corrected chi connectivity index (χ1v) is 7.43. The monoisotopic (exact) mass is 322 g/mol. The lowest BCUT2D eigenvalue weighted by Crippen LogP contribution is -2.37. The molecule has 0 aliphatic rings. The van der Waals surface area contributed by atoms with Crippen molar-refractivity contribution in [3.8, 4) is 0 Å². The molecule has 0 amide bonds. The van der Waals surface area contributed by atoms with Crippen LogP contribution in [0.3, 0.4) is 0 Å².